The highest BCUT2D eigenvalue weighted by Crippen LogP contribution is 2.19. The molecule has 7 heteroatoms. The summed E-state index contributed by atoms with van der Waals surface area (Å²) in [5, 5.41) is 12.4. The van der Waals surface area contributed by atoms with E-state index in [9.17, 15) is 4.79 Å². The number of thioether (sulfide) groups is 1. The molecule has 1 aromatic carbocycles. The van der Waals surface area contributed by atoms with Crippen molar-refractivity contribution in [3.63, 3.8) is 0 Å². The zero-order valence-electron chi connectivity index (χ0n) is 11.9. The van der Waals surface area contributed by atoms with E-state index < -0.39 is 0 Å². The summed E-state index contributed by atoms with van der Waals surface area (Å²) >= 11 is 1.38. The number of aromatic nitrogens is 4. The molecule has 1 fully saturated rings. The smallest absolute Gasteiger partial charge is 0.233 e. The van der Waals surface area contributed by atoms with Crippen LogP contribution in [0, 0.1) is 6.92 Å². The summed E-state index contributed by atoms with van der Waals surface area (Å²) in [6.07, 6.45) is 2.22. The molecule has 0 N–H and O–H groups in total. The number of nitrogens with zero attached hydrogens (tertiary/aromatic N) is 5. The van der Waals surface area contributed by atoms with E-state index in [2.05, 4.69) is 15.5 Å². The highest BCUT2D eigenvalue weighted by Gasteiger charge is 2.19. The molecule has 110 valence electrons. The average molecular weight is 303 g/mol. The van der Waals surface area contributed by atoms with E-state index in [4.69, 9.17) is 0 Å². The molecule has 1 aromatic heterocycles. The third-order valence-electron chi connectivity index (χ3n) is 3.50. The molecule has 0 aliphatic carbocycles. The number of hydrogen-bond acceptors (Lipinski definition) is 5. The van der Waals surface area contributed by atoms with Crippen LogP contribution in [0.3, 0.4) is 0 Å². The Morgan fingerprint density at radius 2 is 1.95 bits per heavy atom. The number of amides is 1. The molecule has 21 heavy (non-hydrogen) atoms. The summed E-state index contributed by atoms with van der Waals surface area (Å²) in [5.74, 6) is 0.544. The molecule has 0 saturated carbocycles. The van der Waals surface area contributed by atoms with Gasteiger partial charge in [-0.1, -0.05) is 29.5 Å². The molecule has 1 aliphatic heterocycles. The minimum absolute atomic E-state index is 0.163. The van der Waals surface area contributed by atoms with Crippen molar-refractivity contribution in [2.75, 3.05) is 18.8 Å². The zero-order chi connectivity index (χ0) is 14.7. The minimum atomic E-state index is 0.163. The maximum atomic E-state index is 12.1. The Morgan fingerprint density at radius 1 is 1.24 bits per heavy atom. The number of benzene rings is 1. The fourth-order valence-electron chi connectivity index (χ4n) is 2.30. The lowest BCUT2D eigenvalue weighted by atomic mass is 10.2. The predicted molar refractivity (Wildman–Crippen MR) is 80.4 cm³/mol. The van der Waals surface area contributed by atoms with Crippen molar-refractivity contribution in [3.8, 4) is 5.69 Å². The molecule has 1 amide bonds. The van der Waals surface area contributed by atoms with E-state index >= 15 is 0 Å². The Hall–Kier alpha value is -1.89. The van der Waals surface area contributed by atoms with E-state index in [0.29, 0.717) is 10.9 Å². The molecule has 3 rings (SSSR count). The molecule has 0 atom stereocenters. The first-order chi connectivity index (χ1) is 10.2. The Morgan fingerprint density at radius 3 is 2.67 bits per heavy atom. The quantitative estimate of drug-likeness (QED) is 0.804. The van der Waals surface area contributed by atoms with Crippen molar-refractivity contribution in [1.82, 2.24) is 25.1 Å². The van der Waals surface area contributed by atoms with Crippen LogP contribution in [-0.4, -0.2) is 49.9 Å². The Kier molecular flexibility index (Phi) is 4.19. The number of likely N-dealkylation sites (tertiary alicyclic amines) is 1. The lowest BCUT2D eigenvalue weighted by molar-refractivity contribution is -0.127. The van der Waals surface area contributed by atoms with Crippen LogP contribution in [0.4, 0.5) is 0 Å². The van der Waals surface area contributed by atoms with Gasteiger partial charge in [0.2, 0.25) is 11.1 Å². The molecule has 6 nitrogen and oxygen atoms in total. The van der Waals surface area contributed by atoms with Crippen LogP contribution < -0.4 is 0 Å². The van der Waals surface area contributed by atoms with Gasteiger partial charge in [0.05, 0.1) is 11.4 Å². The highest BCUT2D eigenvalue weighted by atomic mass is 32.2. The topological polar surface area (TPSA) is 63.9 Å². The van der Waals surface area contributed by atoms with E-state index in [1.165, 1.54) is 17.3 Å². The van der Waals surface area contributed by atoms with Gasteiger partial charge in [-0.3, -0.25) is 4.79 Å². The van der Waals surface area contributed by atoms with Crippen LogP contribution in [0.1, 0.15) is 18.4 Å². The van der Waals surface area contributed by atoms with Gasteiger partial charge in [-0.2, -0.15) is 4.68 Å². The minimum Gasteiger partial charge on any atom is -0.342 e. The van der Waals surface area contributed by atoms with E-state index in [0.717, 1.165) is 31.6 Å². The molecule has 1 saturated heterocycles. The van der Waals surface area contributed by atoms with Crippen LogP contribution in [0.25, 0.3) is 5.69 Å². The van der Waals surface area contributed by atoms with Gasteiger partial charge in [-0.05, 0) is 42.3 Å². The zero-order valence-corrected chi connectivity index (χ0v) is 12.7. The molecule has 1 aliphatic rings. The molecule has 2 heterocycles. The third-order valence-corrected chi connectivity index (χ3v) is 4.41. The molecule has 0 bridgehead atoms. The third kappa shape index (κ3) is 3.24. The summed E-state index contributed by atoms with van der Waals surface area (Å²) in [4.78, 5) is 14.0. The Balaban J connectivity index is 1.68. The lowest BCUT2D eigenvalue weighted by Gasteiger charge is -2.14. The Labute approximate surface area is 127 Å². The van der Waals surface area contributed by atoms with Gasteiger partial charge in [0, 0.05) is 13.1 Å². The lowest BCUT2D eigenvalue weighted by Crippen LogP contribution is -2.29. The Bertz CT molecular complexity index is 619. The second-order valence-corrected chi connectivity index (χ2v) is 6.03. The van der Waals surface area contributed by atoms with Gasteiger partial charge in [0.25, 0.3) is 0 Å². The van der Waals surface area contributed by atoms with Crippen LogP contribution in [0.5, 0.6) is 0 Å². The van der Waals surface area contributed by atoms with Crippen molar-refractivity contribution in [2.24, 2.45) is 0 Å². The van der Waals surface area contributed by atoms with Crippen LogP contribution in [0.2, 0.25) is 0 Å². The first kappa shape index (κ1) is 14.1. The summed E-state index contributed by atoms with van der Waals surface area (Å²) in [6, 6.07) is 7.97. The molecule has 0 radical (unpaired) electrons. The van der Waals surface area contributed by atoms with Gasteiger partial charge in [0.1, 0.15) is 0 Å². The van der Waals surface area contributed by atoms with E-state index in [-0.39, 0.29) is 5.91 Å². The SMILES string of the molecule is Cc1ccc(-n2nnnc2SCC(=O)N2CCCC2)cc1. The maximum absolute atomic E-state index is 12.1. The predicted octanol–water partition coefficient (Wildman–Crippen LogP) is 1.69. The number of aryl methyl sites for hydroxylation is 1. The van der Waals surface area contributed by atoms with Crippen molar-refractivity contribution in [2.45, 2.75) is 24.9 Å². The standard InChI is InChI=1S/C14H17N5OS/c1-11-4-6-12(7-5-11)19-14(15-16-17-19)21-10-13(20)18-8-2-3-9-18/h4-7H,2-3,8-10H2,1H3. The van der Waals surface area contributed by atoms with Crippen LogP contribution in [0.15, 0.2) is 29.4 Å². The second-order valence-electron chi connectivity index (χ2n) is 5.09. The average Bonchev–Trinajstić information content (AvgIpc) is 3.17. The summed E-state index contributed by atoms with van der Waals surface area (Å²) in [6.45, 7) is 3.79. The highest BCUT2D eigenvalue weighted by molar-refractivity contribution is 7.99. The molecule has 0 spiro atoms. The molecular weight excluding hydrogens is 286 g/mol. The molecule has 0 unspecified atom stereocenters. The van der Waals surface area contributed by atoms with Crippen LogP contribution >= 0.6 is 11.8 Å². The van der Waals surface area contributed by atoms with Gasteiger partial charge in [-0.25, -0.2) is 0 Å². The van der Waals surface area contributed by atoms with Gasteiger partial charge in [0.15, 0.2) is 0 Å². The summed E-state index contributed by atoms with van der Waals surface area (Å²) < 4.78 is 1.67. The van der Waals surface area contributed by atoms with Crippen molar-refractivity contribution >= 4 is 17.7 Å². The first-order valence-electron chi connectivity index (χ1n) is 7.00. The summed E-state index contributed by atoms with van der Waals surface area (Å²) in [5.41, 5.74) is 2.09. The number of carbonyl (C=O) groups is 1. The van der Waals surface area contributed by atoms with E-state index in [1.54, 1.807) is 4.68 Å². The molecular formula is C14H17N5OS. The van der Waals surface area contributed by atoms with Crippen molar-refractivity contribution in [1.29, 1.82) is 0 Å². The fraction of sp³-hybridized carbons (Fsp3) is 0.429. The van der Waals surface area contributed by atoms with Crippen LogP contribution in [-0.2, 0) is 4.79 Å². The van der Waals surface area contributed by atoms with Gasteiger partial charge in [-0.15, -0.1) is 5.10 Å². The maximum Gasteiger partial charge on any atom is 0.233 e. The first-order valence-corrected chi connectivity index (χ1v) is 7.98. The number of hydrogen-bond donors (Lipinski definition) is 0. The number of carbonyl (C=O) groups excluding carboxylic acids is 1. The number of rotatable bonds is 4. The normalized spacial score (nSPS) is 14.6. The van der Waals surface area contributed by atoms with Gasteiger partial charge < -0.3 is 4.90 Å². The monoisotopic (exact) mass is 303 g/mol. The second kappa shape index (κ2) is 6.26. The number of tetrazole rings is 1. The van der Waals surface area contributed by atoms with Crippen molar-refractivity contribution < 1.29 is 4.79 Å². The van der Waals surface area contributed by atoms with Crippen molar-refractivity contribution in [3.05, 3.63) is 29.8 Å². The van der Waals surface area contributed by atoms with Gasteiger partial charge >= 0.3 is 0 Å². The largest absolute Gasteiger partial charge is 0.342 e. The fourth-order valence-corrected chi connectivity index (χ4v) is 3.09. The van der Waals surface area contributed by atoms with E-state index in [1.807, 2.05) is 36.1 Å². The molecule has 2 aromatic rings. The summed E-state index contributed by atoms with van der Waals surface area (Å²) in [7, 11) is 0.